The van der Waals surface area contributed by atoms with Gasteiger partial charge in [-0.2, -0.15) is 26.3 Å². The van der Waals surface area contributed by atoms with Crippen molar-refractivity contribution < 1.29 is 45.4 Å². The van der Waals surface area contributed by atoms with Gasteiger partial charge in [-0.15, -0.1) is 0 Å². The highest BCUT2D eigenvalue weighted by molar-refractivity contribution is 5.80. The Morgan fingerprint density at radius 3 is 2.14 bits per heavy atom. The number of piperidine rings is 1. The van der Waals surface area contributed by atoms with Gasteiger partial charge in [0.1, 0.15) is 5.82 Å². The van der Waals surface area contributed by atoms with E-state index < -0.39 is 65.2 Å². The van der Waals surface area contributed by atoms with E-state index in [4.69, 9.17) is 0 Å². The van der Waals surface area contributed by atoms with Crippen molar-refractivity contribution in [3.05, 3.63) is 70.0 Å². The number of nitrogens with one attached hydrogen (secondary N) is 1. The van der Waals surface area contributed by atoms with Crippen LogP contribution < -0.4 is 5.32 Å². The van der Waals surface area contributed by atoms with Crippen molar-refractivity contribution in [3.63, 3.8) is 0 Å². The van der Waals surface area contributed by atoms with Gasteiger partial charge >= 0.3 is 18.4 Å². The molecule has 2 aromatic rings. The van der Waals surface area contributed by atoms with Crippen LogP contribution in [0.1, 0.15) is 40.2 Å². The summed E-state index contributed by atoms with van der Waals surface area (Å²) in [6, 6.07) is 4.89. The molecular formula is C23H21F7N2O3. The molecule has 35 heavy (non-hydrogen) atoms. The highest BCUT2D eigenvalue weighted by atomic mass is 19.4. The molecule has 1 aliphatic rings. The summed E-state index contributed by atoms with van der Waals surface area (Å²) in [5.74, 6) is -2.70. The fraction of sp³-hybridized carbons (Fsp3) is 0.391. The topological polar surface area (TPSA) is 69.6 Å². The van der Waals surface area contributed by atoms with Gasteiger partial charge in [-0.25, -0.2) is 9.18 Å². The molecule has 0 radical (unpaired) electrons. The number of carboxylic acid groups (broad SMARTS) is 1. The monoisotopic (exact) mass is 506 g/mol. The minimum Gasteiger partial charge on any atom is -0.465 e. The molecule has 0 bridgehead atoms. The lowest BCUT2D eigenvalue weighted by atomic mass is 9.78. The van der Waals surface area contributed by atoms with Crippen LogP contribution in [0.5, 0.6) is 0 Å². The Balaban J connectivity index is 1.86. The van der Waals surface area contributed by atoms with Gasteiger partial charge in [0.05, 0.1) is 11.1 Å². The van der Waals surface area contributed by atoms with E-state index in [1.807, 2.05) is 0 Å². The van der Waals surface area contributed by atoms with Gasteiger partial charge in [0.15, 0.2) is 0 Å². The van der Waals surface area contributed by atoms with E-state index in [2.05, 4.69) is 5.32 Å². The number of hydrogen-bond donors (Lipinski definition) is 2. The molecule has 1 aliphatic heterocycles. The van der Waals surface area contributed by atoms with Gasteiger partial charge in [0, 0.05) is 31.5 Å². The normalized spacial score (nSPS) is 18.9. The van der Waals surface area contributed by atoms with Crippen molar-refractivity contribution in [2.75, 3.05) is 13.1 Å². The largest absolute Gasteiger partial charge is 0.465 e. The van der Waals surface area contributed by atoms with Gasteiger partial charge in [-0.05, 0) is 60.4 Å². The van der Waals surface area contributed by atoms with Crippen molar-refractivity contribution >= 4 is 12.0 Å². The fourth-order valence-electron chi connectivity index (χ4n) is 4.25. The van der Waals surface area contributed by atoms with Gasteiger partial charge in [0.2, 0.25) is 5.91 Å². The molecule has 2 N–H and O–H groups in total. The molecule has 2 atom stereocenters. The number of hydrogen-bond acceptors (Lipinski definition) is 2. The van der Waals surface area contributed by atoms with Crippen LogP contribution >= 0.6 is 0 Å². The van der Waals surface area contributed by atoms with Gasteiger partial charge in [0.25, 0.3) is 0 Å². The summed E-state index contributed by atoms with van der Waals surface area (Å²) in [5.41, 5.74) is -2.38. The molecule has 2 aromatic carbocycles. The number of halogens is 7. The van der Waals surface area contributed by atoms with Crippen molar-refractivity contribution in [2.24, 2.45) is 5.92 Å². The Hall–Kier alpha value is -3.31. The van der Waals surface area contributed by atoms with Crippen molar-refractivity contribution in [2.45, 2.75) is 38.2 Å². The number of rotatable bonds is 4. The fourth-order valence-corrected chi connectivity index (χ4v) is 4.25. The Kier molecular flexibility index (Phi) is 7.32. The minimum atomic E-state index is -5.02. The number of aryl methyl sites for hydroxylation is 1. The third-order valence-electron chi connectivity index (χ3n) is 5.97. The Morgan fingerprint density at radius 1 is 1.03 bits per heavy atom. The second-order valence-electron chi connectivity index (χ2n) is 8.36. The van der Waals surface area contributed by atoms with E-state index in [9.17, 15) is 45.4 Å². The molecule has 5 nitrogen and oxygen atoms in total. The zero-order chi connectivity index (χ0) is 26.1. The van der Waals surface area contributed by atoms with Crippen molar-refractivity contribution in [1.82, 2.24) is 10.2 Å². The SMILES string of the molecule is Cc1cc(F)ccc1[C@@H]1CN(C(=O)O)CC[C@H]1C(=O)NCc1cc(C(F)(F)F)cc(C(F)(F)F)c1. The first-order chi connectivity index (χ1) is 16.2. The first kappa shape index (κ1) is 26.3. The van der Waals surface area contributed by atoms with Gasteiger partial charge in [-0.1, -0.05) is 6.07 Å². The zero-order valence-corrected chi connectivity index (χ0v) is 18.3. The summed E-state index contributed by atoms with van der Waals surface area (Å²) < 4.78 is 92.2. The number of amides is 2. The molecule has 1 saturated heterocycles. The summed E-state index contributed by atoms with van der Waals surface area (Å²) in [7, 11) is 0. The number of carbonyl (C=O) groups is 2. The Bertz CT molecular complexity index is 1080. The average molecular weight is 506 g/mol. The number of likely N-dealkylation sites (tertiary alicyclic amines) is 1. The molecule has 2 amide bonds. The minimum absolute atomic E-state index is 0.000284. The summed E-state index contributed by atoms with van der Waals surface area (Å²) >= 11 is 0. The van der Waals surface area contributed by atoms with E-state index in [0.29, 0.717) is 23.3 Å². The molecule has 0 unspecified atom stereocenters. The van der Waals surface area contributed by atoms with Crippen LogP contribution in [-0.2, 0) is 23.7 Å². The van der Waals surface area contributed by atoms with Crippen LogP contribution in [0, 0.1) is 18.7 Å². The third kappa shape index (κ3) is 6.23. The van der Waals surface area contributed by atoms with Gasteiger partial charge < -0.3 is 15.3 Å². The molecular weight excluding hydrogens is 485 g/mol. The molecule has 0 saturated carbocycles. The quantitative estimate of drug-likeness (QED) is 0.533. The first-order valence-electron chi connectivity index (χ1n) is 10.5. The highest BCUT2D eigenvalue weighted by Crippen LogP contribution is 2.37. The first-order valence-corrected chi connectivity index (χ1v) is 10.5. The van der Waals surface area contributed by atoms with Crippen LogP contribution in [-0.4, -0.2) is 35.1 Å². The maximum atomic E-state index is 13.6. The highest BCUT2D eigenvalue weighted by Gasteiger charge is 2.39. The molecule has 1 fully saturated rings. The maximum Gasteiger partial charge on any atom is 0.416 e. The summed E-state index contributed by atoms with van der Waals surface area (Å²) in [5, 5.41) is 11.7. The molecule has 190 valence electrons. The molecule has 0 spiro atoms. The van der Waals surface area contributed by atoms with Crippen LogP contribution in [0.3, 0.4) is 0 Å². The maximum absolute atomic E-state index is 13.6. The third-order valence-corrected chi connectivity index (χ3v) is 5.97. The van der Waals surface area contributed by atoms with E-state index >= 15 is 0 Å². The lowest BCUT2D eigenvalue weighted by Gasteiger charge is -2.37. The Morgan fingerprint density at radius 2 is 1.63 bits per heavy atom. The van der Waals surface area contributed by atoms with E-state index in [-0.39, 0.29) is 25.6 Å². The molecule has 1 heterocycles. The number of alkyl halides is 6. The average Bonchev–Trinajstić information content (AvgIpc) is 2.75. The van der Waals surface area contributed by atoms with Gasteiger partial charge in [-0.3, -0.25) is 4.79 Å². The molecule has 0 aliphatic carbocycles. The predicted molar refractivity (Wildman–Crippen MR) is 110 cm³/mol. The molecule has 12 heteroatoms. The molecule has 3 rings (SSSR count). The standard InChI is InChI=1S/C23H21F7N2O3/c1-12-6-16(24)2-3-17(12)19-11-32(21(34)35)5-4-18(19)20(33)31-10-13-7-14(22(25,26)27)9-15(8-13)23(28,29)30/h2-3,6-9,18-19H,4-5,10-11H2,1H3,(H,31,33)(H,34,35)/t18-,19+/m1/s1. The van der Waals surface area contributed by atoms with Crippen LogP contribution in [0.2, 0.25) is 0 Å². The van der Waals surface area contributed by atoms with Crippen molar-refractivity contribution in [3.8, 4) is 0 Å². The van der Waals surface area contributed by atoms with E-state index in [1.54, 1.807) is 6.92 Å². The van der Waals surface area contributed by atoms with E-state index in [1.165, 1.54) is 12.1 Å². The summed E-state index contributed by atoms with van der Waals surface area (Å²) in [6.07, 6.45) is -11.2. The summed E-state index contributed by atoms with van der Waals surface area (Å²) in [4.78, 5) is 25.5. The lowest BCUT2D eigenvalue weighted by Crippen LogP contribution is -2.47. The predicted octanol–water partition coefficient (Wildman–Crippen LogP) is 5.57. The van der Waals surface area contributed by atoms with E-state index in [0.717, 1.165) is 11.0 Å². The number of carbonyl (C=O) groups excluding carboxylic acids is 1. The zero-order valence-electron chi connectivity index (χ0n) is 18.3. The Labute approximate surface area is 195 Å². The lowest BCUT2D eigenvalue weighted by molar-refractivity contribution is -0.143. The smallest absolute Gasteiger partial charge is 0.416 e. The van der Waals surface area contributed by atoms with Crippen LogP contribution in [0.15, 0.2) is 36.4 Å². The summed E-state index contributed by atoms with van der Waals surface area (Å²) in [6.45, 7) is 0.919. The van der Waals surface area contributed by atoms with Crippen molar-refractivity contribution in [1.29, 1.82) is 0 Å². The number of benzene rings is 2. The van der Waals surface area contributed by atoms with Crippen LogP contribution in [0.25, 0.3) is 0 Å². The number of nitrogens with zero attached hydrogens (tertiary/aromatic N) is 1. The van der Waals surface area contributed by atoms with Crippen LogP contribution in [0.4, 0.5) is 35.5 Å². The molecule has 0 aromatic heterocycles. The second kappa shape index (κ2) is 9.74. The second-order valence-corrected chi connectivity index (χ2v) is 8.36.